The van der Waals surface area contributed by atoms with Crippen LogP contribution in [-0.2, 0) is 19.0 Å². The van der Waals surface area contributed by atoms with Crippen LogP contribution in [0.15, 0.2) is 0 Å². The van der Waals surface area contributed by atoms with Crippen molar-refractivity contribution >= 4 is 5.91 Å². The maximum atomic E-state index is 13.3. The van der Waals surface area contributed by atoms with Crippen molar-refractivity contribution in [2.45, 2.75) is 181 Å². The quantitative estimate of drug-likeness (QED) is 0.292. The van der Waals surface area contributed by atoms with Crippen LogP contribution < -0.4 is 0 Å². The molecule has 3 N–H and O–H groups in total. The highest BCUT2D eigenvalue weighted by atomic mass is 16.7. The van der Waals surface area contributed by atoms with Crippen molar-refractivity contribution in [3.05, 3.63) is 0 Å². The van der Waals surface area contributed by atoms with Gasteiger partial charge in [0.05, 0.1) is 43.2 Å². The maximum Gasteiger partial charge on any atom is 0.223 e. The molecule has 0 aromatic carbocycles. The molecule has 6 aliphatic carbocycles. The van der Waals surface area contributed by atoms with Gasteiger partial charge in [-0.05, 0) is 129 Å². The van der Waals surface area contributed by atoms with Crippen LogP contribution in [0, 0.1) is 56.7 Å². The van der Waals surface area contributed by atoms with E-state index in [1.807, 2.05) is 4.90 Å². The fourth-order valence-electron chi connectivity index (χ4n) is 15.1. The number of aliphatic hydroxyl groups excluding tert-OH is 2. The van der Waals surface area contributed by atoms with Gasteiger partial charge in [0.2, 0.25) is 5.91 Å². The van der Waals surface area contributed by atoms with Crippen LogP contribution in [-0.4, -0.2) is 88.2 Å². The Hall–Kier alpha value is -0.770. The first-order valence-corrected chi connectivity index (χ1v) is 20.8. The van der Waals surface area contributed by atoms with E-state index in [4.69, 9.17) is 14.2 Å². The Morgan fingerprint density at radius 2 is 1.68 bits per heavy atom. The zero-order valence-corrected chi connectivity index (χ0v) is 32.3. The lowest BCUT2D eigenvalue weighted by Crippen LogP contribution is -2.60. The zero-order chi connectivity index (χ0) is 35.6. The summed E-state index contributed by atoms with van der Waals surface area (Å²) < 4.78 is 19.8. The largest absolute Gasteiger partial charge is 0.390 e. The predicted molar refractivity (Wildman–Crippen MR) is 191 cm³/mol. The van der Waals surface area contributed by atoms with Crippen molar-refractivity contribution in [3.63, 3.8) is 0 Å². The lowest BCUT2D eigenvalue weighted by molar-refractivity contribution is -0.248. The highest BCUT2D eigenvalue weighted by molar-refractivity contribution is 5.76. The molecule has 0 aromatic rings. The second kappa shape index (κ2) is 12.1. The van der Waals surface area contributed by atoms with Crippen molar-refractivity contribution in [3.8, 4) is 0 Å². The van der Waals surface area contributed by atoms with E-state index in [1.54, 1.807) is 13.8 Å². The summed E-state index contributed by atoms with van der Waals surface area (Å²) in [5.74, 6) is 2.36. The van der Waals surface area contributed by atoms with Gasteiger partial charge in [0.15, 0.2) is 6.29 Å². The minimum Gasteiger partial charge on any atom is -0.390 e. The topological polar surface area (TPSA) is 109 Å². The van der Waals surface area contributed by atoms with Gasteiger partial charge in [-0.15, -0.1) is 0 Å². The SMILES string of the molecule is C[C@@H]1CC([C@H](O)C(C)(C)O)OC2[C@H]1[C@@]1(C)CC[C@@]34C[C@@]35CCC(O[C@H]3CN(C(=O)CC6CCCCC6)CCO3)C(C)(C)[C@@H]5CCC4[C@]1(C)[C@H]2O. The van der Waals surface area contributed by atoms with Gasteiger partial charge >= 0.3 is 0 Å². The fraction of sp³-hybridized carbons (Fsp3) is 0.976. The lowest BCUT2D eigenvalue weighted by Gasteiger charge is -2.64. The lowest BCUT2D eigenvalue weighted by atomic mass is 9.41. The van der Waals surface area contributed by atoms with Crippen LogP contribution in [0.25, 0.3) is 0 Å². The summed E-state index contributed by atoms with van der Waals surface area (Å²) in [5.41, 5.74) is -1.03. The summed E-state index contributed by atoms with van der Waals surface area (Å²) in [5, 5.41) is 34.2. The Balaban J connectivity index is 0.974. The molecule has 14 atom stereocenters. The highest BCUT2D eigenvalue weighted by Crippen LogP contribution is 2.89. The number of hydrogen-bond acceptors (Lipinski definition) is 7. The Bertz CT molecular complexity index is 1310. The molecule has 6 saturated carbocycles. The molecule has 2 spiro atoms. The Kier molecular flexibility index (Phi) is 8.78. The van der Waals surface area contributed by atoms with Crippen molar-refractivity contribution in [1.82, 2.24) is 4.90 Å². The number of nitrogens with zero attached hydrogens (tertiary/aromatic N) is 1. The van der Waals surface area contributed by atoms with Crippen molar-refractivity contribution < 1.29 is 34.3 Å². The minimum atomic E-state index is -1.26. The number of fused-ring (bicyclic) bond motifs is 4. The molecule has 0 aromatic heterocycles. The van der Waals surface area contributed by atoms with E-state index in [9.17, 15) is 20.1 Å². The number of aliphatic hydroxyl groups is 3. The number of morpholine rings is 1. The molecular formula is C42H69NO7. The molecule has 8 aliphatic rings. The van der Waals surface area contributed by atoms with Gasteiger partial charge in [0.25, 0.3) is 0 Å². The molecule has 8 heteroatoms. The monoisotopic (exact) mass is 700 g/mol. The number of rotatable bonds is 6. The zero-order valence-electron chi connectivity index (χ0n) is 32.3. The molecule has 50 heavy (non-hydrogen) atoms. The summed E-state index contributed by atoms with van der Waals surface area (Å²) in [4.78, 5) is 15.3. The molecule has 2 heterocycles. The summed E-state index contributed by atoms with van der Waals surface area (Å²) in [6.07, 6.45) is 13.0. The van der Waals surface area contributed by atoms with Gasteiger partial charge in [-0.25, -0.2) is 0 Å². The third-order valence-corrected chi connectivity index (χ3v) is 17.7. The summed E-state index contributed by atoms with van der Waals surface area (Å²) >= 11 is 0. The number of carbonyl (C=O) groups is 1. The second-order valence-corrected chi connectivity index (χ2v) is 20.6. The van der Waals surface area contributed by atoms with Crippen LogP contribution in [0.1, 0.15) is 138 Å². The molecule has 284 valence electrons. The average Bonchev–Trinajstić information content (AvgIpc) is 3.70. The average molecular weight is 700 g/mol. The number of ether oxygens (including phenoxy) is 3. The van der Waals surface area contributed by atoms with E-state index in [0.29, 0.717) is 61.6 Å². The number of amides is 1. The first-order valence-electron chi connectivity index (χ1n) is 20.8. The van der Waals surface area contributed by atoms with E-state index in [2.05, 4.69) is 34.6 Å². The van der Waals surface area contributed by atoms with Crippen LogP contribution in [0.4, 0.5) is 0 Å². The normalized spacial score (nSPS) is 50.7. The number of hydrogen-bond donors (Lipinski definition) is 3. The van der Waals surface area contributed by atoms with Crippen LogP contribution in [0.5, 0.6) is 0 Å². The summed E-state index contributed by atoms with van der Waals surface area (Å²) in [6, 6.07) is 0. The van der Waals surface area contributed by atoms with Gasteiger partial charge in [0, 0.05) is 18.4 Å². The molecule has 2 saturated heterocycles. The molecular weight excluding hydrogens is 630 g/mol. The highest BCUT2D eigenvalue weighted by Gasteiger charge is 2.84. The van der Waals surface area contributed by atoms with E-state index < -0.39 is 23.9 Å². The fourth-order valence-corrected chi connectivity index (χ4v) is 15.1. The minimum absolute atomic E-state index is 0.00746. The molecule has 1 amide bonds. The first-order chi connectivity index (χ1) is 23.5. The van der Waals surface area contributed by atoms with Gasteiger partial charge in [-0.2, -0.15) is 0 Å². The van der Waals surface area contributed by atoms with E-state index >= 15 is 0 Å². The van der Waals surface area contributed by atoms with Crippen LogP contribution in [0.3, 0.4) is 0 Å². The predicted octanol–water partition coefficient (Wildman–Crippen LogP) is 6.47. The molecule has 8 fully saturated rings. The molecule has 0 radical (unpaired) electrons. The standard InChI is InChI=1S/C42H69NO7/c1-25-21-27(35(45)38(4,5)47)49-34-33(25)39(6)17-18-42-24-41(42)16-15-30(37(2,3)28(41)13-14-29(42)40(39,7)36(34)46)50-32-23-43(19-20-48-32)31(44)22-26-11-9-8-10-12-26/h25-30,32-36,45-47H,8-24H2,1-7H3/t25-,27?,28+,29?,30?,32+,33+,34?,35+,36+,39-,40-,41-,42+/m1/s1. The van der Waals surface area contributed by atoms with Gasteiger partial charge in [-0.3, -0.25) is 4.79 Å². The van der Waals surface area contributed by atoms with Crippen LogP contribution >= 0.6 is 0 Å². The van der Waals surface area contributed by atoms with Gasteiger partial charge < -0.3 is 34.4 Å². The Morgan fingerprint density at radius 1 is 0.980 bits per heavy atom. The Labute approximate surface area is 301 Å². The van der Waals surface area contributed by atoms with Crippen molar-refractivity contribution in [2.24, 2.45) is 56.7 Å². The third-order valence-electron chi connectivity index (χ3n) is 17.7. The van der Waals surface area contributed by atoms with E-state index in [-0.39, 0.29) is 52.0 Å². The second-order valence-electron chi connectivity index (χ2n) is 20.6. The van der Waals surface area contributed by atoms with Gasteiger partial charge in [-0.1, -0.05) is 53.9 Å². The molecule has 2 aliphatic heterocycles. The van der Waals surface area contributed by atoms with Gasteiger partial charge in [0.1, 0.15) is 6.10 Å². The molecule has 4 unspecified atom stereocenters. The molecule has 0 bridgehead atoms. The van der Waals surface area contributed by atoms with Crippen LogP contribution in [0.2, 0.25) is 0 Å². The van der Waals surface area contributed by atoms with Crippen molar-refractivity contribution in [1.29, 1.82) is 0 Å². The van der Waals surface area contributed by atoms with Crippen molar-refractivity contribution in [2.75, 3.05) is 19.7 Å². The van der Waals surface area contributed by atoms with E-state index in [1.165, 1.54) is 51.4 Å². The summed E-state index contributed by atoms with van der Waals surface area (Å²) in [7, 11) is 0. The smallest absolute Gasteiger partial charge is 0.223 e. The third kappa shape index (κ3) is 5.06. The molecule has 8 nitrogen and oxygen atoms in total. The Morgan fingerprint density at radius 3 is 2.40 bits per heavy atom. The first kappa shape index (κ1) is 36.2. The number of carbonyl (C=O) groups excluding carboxylic acids is 1. The summed E-state index contributed by atoms with van der Waals surface area (Å²) in [6.45, 7) is 17.1. The maximum absolute atomic E-state index is 13.3. The van der Waals surface area contributed by atoms with E-state index in [0.717, 1.165) is 25.7 Å². The molecule has 8 rings (SSSR count).